The molecule has 1 atom stereocenters. The summed E-state index contributed by atoms with van der Waals surface area (Å²) in [4.78, 5) is 26.7. The van der Waals surface area contributed by atoms with E-state index >= 15 is 0 Å². The van der Waals surface area contributed by atoms with Gasteiger partial charge >= 0.3 is 0 Å². The normalized spacial score (nSPS) is 18.5. The van der Waals surface area contributed by atoms with Gasteiger partial charge in [-0.3, -0.25) is 19.7 Å². The number of nitrogens with one attached hydrogen (secondary N) is 1. The van der Waals surface area contributed by atoms with Crippen LogP contribution in [-0.4, -0.2) is 32.3 Å². The maximum absolute atomic E-state index is 11.0. The summed E-state index contributed by atoms with van der Waals surface area (Å²) in [6.07, 6.45) is 5.79. The molecule has 1 N–H and O–H groups in total. The second kappa shape index (κ2) is 6.93. The Bertz CT molecular complexity index is 631. The van der Waals surface area contributed by atoms with E-state index in [1.54, 1.807) is 17.5 Å². The lowest BCUT2D eigenvalue weighted by atomic mass is 10.1. The summed E-state index contributed by atoms with van der Waals surface area (Å²) in [5, 5.41) is 4.86. The number of hydrogen-bond donors (Lipinski definition) is 1. The minimum Gasteiger partial charge on any atom is -0.351 e. The monoisotopic (exact) mass is 317 g/mol. The van der Waals surface area contributed by atoms with Gasteiger partial charge in [0.05, 0.1) is 47.6 Å². The third kappa shape index (κ3) is 3.66. The molecule has 0 spiro atoms. The molecule has 6 nitrogen and oxygen atoms in total. The lowest BCUT2D eigenvalue weighted by molar-refractivity contribution is -0.119. The van der Waals surface area contributed by atoms with E-state index in [1.807, 2.05) is 11.7 Å². The minimum absolute atomic E-state index is 0.0572. The van der Waals surface area contributed by atoms with Crippen molar-refractivity contribution in [3.8, 4) is 0 Å². The number of rotatable bonds is 5. The van der Waals surface area contributed by atoms with Gasteiger partial charge in [-0.05, 0) is 19.4 Å². The zero-order chi connectivity index (χ0) is 15.4. The third-order valence-electron chi connectivity index (χ3n) is 3.78. The first-order valence-electron chi connectivity index (χ1n) is 7.39. The molecule has 0 aromatic carbocycles. The van der Waals surface area contributed by atoms with E-state index in [0.717, 1.165) is 43.0 Å². The number of aromatic nitrogens is 3. The maximum atomic E-state index is 11.0. The molecule has 0 unspecified atom stereocenters. The van der Waals surface area contributed by atoms with E-state index in [2.05, 4.69) is 30.5 Å². The van der Waals surface area contributed by atoms with Gasteiger partial charge in [-0.2, -0.15) is 0 Å². The highest BCUT2D eigenvalue weighted by atomic mass is 32.1. The molecule has 3 rings (SSSR count). The van der Waals surface area contributed by atoms with Crippen molar-refractivity contribution in [2.24, 2.45) is 0 Å². The molecule has 1 aliphatic heterocycles. The first-order valence-corrected chi connectivity index (χ1v) is 8.33. The Kier molecular flexibility index (Phi) is 4.74. The molecule has 1 amide bonds. The molecule has 7 heteroatoms. The number of likely N-dealkylation sites (tertiary alicyclic amines) is 1. The Balaban J connectivity index is 1.71. The van der Waals surface area contributed by atoms with Crippen LogP contribution in [0.3, 0.4) is 0 Å². The maximum Gasteiger partial charge on any atom is 0.217 e. The van der Waals surface area contributed by atoms with Gasteiger partial charge in [0.1, 0.15) is 0 Å². The number of carbonyl (C=O) groups is 1. The largest absolute Gasteiger partial charge is 0.351 e. The second-order valence-corrected chi connectivity index (χ2v) is 6.17. The van der Waals surface area contributed by atoms with Crippen molar-refractivity contribution in [1.29, 1.82) is 0 Å². The minimum atomic E-state index is -0.0572. The smallest absolute Gasteiger partial charge is 0.217 e. The average molecular weight is 317 g/mol. The fraction of sp³-hybridized carbons (Fsp3) is 0.467. The van der Waals surface area contributed by atoms with Gasteiger partial charge in [0, 0.05) is 18.8 Å². The van der Waals surface area contributed by atoms with Gasteiger partial charge in [-0.25, -0.2) is 4.98 Å². The van der Waals surface area contributed by atoms with Crippen molar-refractivity contribution in [3.05, 3.63) is 40.4 Å². The first-order chi connectivity index (χ1) is 10.7. The number of hydrogen-bond acceptors (Lipinski definition) is 6. The number of thiazole rings is 1. The summed E-state index contributed by atoms with van der Waals surface area (Å²) < 4.78 is 0. The highest BCUT2D eigenvalue weighted by molar-refractivity contribution is 7.07. The van der Waals surface area contributed by atoms with Gasteiger partial charge in [0.2, 0.25) is 5.91 Å². The van der Waals surface area contributed by atoms with E-state index in [4.69, 9.17) is 0 Å². The summed E-state index contributed by atoms with van der Waals surface area (Å²) in [6.45, 7) is 3.84. The van der Waals surface area contributed by atoms with Gasteiger partial charge in [-0.1, -0.05) is 0 Å². The van der Waals surface area contributed by atoms with Crippen LogP contribution in [0.2, 0.25) is 0 Å². The zero-order valence-electron chi connectivity index (χ0n) is 12.5. The molecule has 1 fully saturated rings. The molecule has 1 aliphatic rings. The van der Waals surface area contributed by atoms with E-state index < -0.39 is 0 Å². The quantitative estimate of drug-likeness (QED) is 0.912. The summed E-state index contributed by atoms with van der Waals surface area (Å²) >= 11 is 1.63. The zero-order valence-corrected chi connectivity index (χ0v) is 13.3. The topological polar surface area (TPSA) is 71.0 Å². The lowest BCUT2D eigenvalue weighted by Crippen LogP contribution is -2.25. The van der Waals surface area contributed by atoms with Crippen molar-refractivity contribution >= 4 is 17.2 Å². The average Bonchev–Trinajstić information content (AvgIpc) is 3.18. The molecule has 116 valence electrons. The SMILES string of the molecule is CC(=O)NCc1cncc([C@H]2CCCN2Cc2cscn2)n1. The van der Waals surface area contributed by atoms with Crippen LogP contribution < -0.4 is 5.32 Å². The van der Waals surface area contributed by atoms with E-state index in [1.165, 1.54) is 6.92 Å². The third-order valence-corrected chi connectivity index (χ3v) is 4.41. The molecular weight excluding hydrogens is 298 g/mol. The second-order valence-electron chi connectivity index (χ2n) is 5.45. The Morgan fingerprint density at radius 3 is 3.14 bits per heavy atom. The van der Waals surface area contributed by atoms with Crippen molar-refractivity contribution < 1.29 is 4.79 Å². The number of nitrogens with zero attached hydrogens (tertiary/aromatic N) is 4. The first kappa shape index (κ1) is 15.1. The predicted octanol–water partition coefficient (Wildman–Crippen LogP) is 1.91. The van der Waals surface area contributed by atoms with Crippen molar-refractivity contribution in [2.75, 3.05) is 6.54 Å². The summed E-state index contributed by atoms with van der Waals surface area (Å²) in [5.41, 5.74) is 4.76. The highest BCUT2D eigenvalue weighted by Crippen LogP contribution is 2.31. The fourth-order valence-corrected chi connectivity index (χ4v) is 3.31. The van der Waals surface area contributed by atoms with Gasteiger partial charge in [0.15, 0.2) is 0 Å². The Hall–Kier alpha value is -1.86. The Labute approximate surface area is 133 Å². The van der Waals surface area contributed by atoms with E-state index in [-0.39, 0.29) is 11.9 Å². The van der Waals surface area contributed by atoms with Crippen LogP contribution in [-0.2, 0) is 17.9 Å². The predicted molar refractivity (Wildman–Crippen MR) is 84.1 cm³/mol. The fourth-order valence-electron chi connectivity index (χ4n) is 2.76. The molecule has 0 aliphatic carbocycles. The van der Waals surface area contributed by atoms with Gasteiger partial charge in [-0.15, -0.1) is 11.3 Å². The standard InChI is InChI=1S/C15H19N5OS/c1-11(21)17-6-12-5-16-7-14(19-12)15-3-2-4-20(15)8-13-9-22-10-18-13/h5,7,9-10,15H,2-4,6,8H2,1H3,(H,17,21)/t15-/m1/s1. The molecule has 0 saturated carbocycles. The molecule has 2 aromatic rings. The van der Waals surface area contributed by atoms with Crippen LogP contribution >= 0.6 is 11.3 Å². The number of amides is 1. The molecule has 2 aromatic heterocycles. The van der Waals surface area contributed by atoms with Crippen LogP contribution in [0.1, 0.15) is 42.9 Å². The van der Waals surface area contributed by atoms with Crippen LogP contribution in [0.15, 0.2) is 23.3 Å². The molecular formula is C15H19N5OS. The highest BCUT2D eigenvalue weighted by Gasteiger charge is 2.27. The van der Waals surface area contributed by atoms with Crippen molar-refractivity contribution in [3.63, 3.8) is 0 Å². The van der Waals surface area contributed by atoms with Gasteiger partial charge in [0.25, 0.3) is 0 Å². The van der Waals surface area contributed by atoms with Crippen LogP contribution in [0.25, 0.3) is 0 Å². The van der Waals surface area contributed by atoms with Crippen LogP contribution in [0, 0.1) is 0 Å². The Morgan fingerprint density at radius 1 is 1.45 bits per heavy atom. The van der Waals surface area contributed by atoms with Crippen LogP contribution in [0.4, 0.5) is 0 Å². The van der Waals surface area contributed by atoms with Crippen molar-refractivity contribution in [1.82, 2.24) is 25.2 Å². The Morgan fingerprint density at radius 2 is 2.36 bits per heavy atom. The van der Waals surface area contributed by atoms with Crippen molar-refractivity contribution in [2.45, 2.75) is 38.9 Å². The molecule has 0 radical (unpaired) electrons. The van der Waals surface area contributed by atoms with E-state index in [0.29, 0.717) is 6.54 Å². The van der Waals surface area contributed by atoms with Crippen LogP contribution in [0.5, 0.6) is 0 Å². The summed E-state index contributed by atoms with van der Waals surface area (Å²) in [6, 6.07) is 0.284. The molecule has 0 bridgehead atoms. The number of carbonyl (C=O) groups excluding carboxylic acids is 1. The molecule has 3 heterocycles. The van der Waals surface area contributed by atoms with Gasteiger partial charge < -0.3 is 5.32 Å². The van der Waals surface area contributed by atoms with E-state index in [9.17, 15) is 4.79 Å². The summed E-state index contributed by atoms with van der Waals surface area (Å²) in [5.74, 6) is -0.0572. The lowest BCUT2D eigenvalue weighted by Gasteiger charge is -2.23. The molecule has 1 saturated heterocycles. The summed E-state index contributed by atoms with van der Waals surface area (Å²) in [7, 11) is 0. The molecule has 22 heavy (non-hydrogen) atoms.